The number of urea groups is 2. The number of esters is 2. The van der Waals surface area contributed by atoms with Crippen molar-refractivity contribution in [2.75, 3.05) is 31.0 Å². The number of nitrogens with zero attached hydrogens (tertiary/aromatic N) is 5. The molecule has 0 saturated carbocycles. The number of H-pyrrole nitrogens is 1. The van der Waals surface area contributed by atoms with Gasteiger partial charge in [0.15, 0.2) is 0 Å². The van der Waals surface area contributed by atoms with Crippen LogP contribution in [0.5, 0.6) is 5.75 Å². The number of anilines is 2. The first kappa shape index (κ1) is 37.0. The first-order valence-electron chi connectivity index (χ1n) is 15.8. The standard InChI is InChI=1S/C21H23N5O4.C13H15N5O3/c1-3-30-20(27)16-6-8-17(9-7-16)23-21(28)22-12-18-14-26(25-24-18)13-15-4-10-19(29-2)11-5-15;1-2-21-12(19)9-3-5-10(6-4-9)16-13(20)14-7-11-8-15-18-17-11/h4-11,14H,3,12-13H2,1-2H3,(H2,22,23,28);3-6,8H,2,7H2,1H3,(H2,14,16,20)(H,15,17,18). The molecule has 0 atom stereocenters. The minimum atomic E-state index is -0.397. The van der Waals surface area contributed by atoms with E-state index in [0.29, 0.717) is 53.6 Å². The Bertz CT molecular complexity index is 1840. The topological polar surface area (TPSA) is 216 Å². The quantitative estimate of drug-likeness (QED) is 0.110. The van der Waals surface area contributed by atoms with Gasteiger partial charge in [0.2, 0.25) is 0 Å². The Labute approximate surface area is 293 Å². The monoisotopic (exact) mass is 698 g/mol. The van der Waals surface area contributed by atoms with Gasteiger partial charge in [0.05, 0.1) is 63.5 Å². The molecule has 51 heavy (non-hydrogen) atoms. The van der Waals surface area contributed by atoms with Gasteiger partial charge in [-0.15, -0.1) is 5.10 Å². The molecule has 5 aromatic rings. The third kappa shape index (κ3) is 12.3. The van der Waals surface area contributed by atoms with Crippen LogP contribution in [0, 0.1) is 0 Å². The number of rotatable bonds is 13. The Morgan fingerprint density at radius 1 is 0.725 bits per heavy atom. The number of aromatic nitrogens is 6. The van der Waals surface area contributed by atoms with E-state index in [4.69, 9.17) is 14.2 Å². The highest BCUT2D eigenvalue weighted by molar-refractivity contribution is 5.93. The lowest BCUT2D eigenvalue weighted by molar-refractivity contribution is 0.0517. The number of amides is 4. The van der Waals surface area contributed by atoms with Crippen molar-refractivity contribution < 1.29 is 33.4 Å². The third-order valence-corrected chi connectivity index (χ3v) is 6.72. The molecule has 17 heteroatoms. The summed E-state index contributed by atoms with van der Waals surface area (Å²) >= 11 is 0. The van der Waals surface area contributed by atoms with Gasteiger partial charge in [-0.1, -0.05) is 17.3 Å². The van der Waals surface area contributed by atoms with Gasteiger partial charge < -0.3 is 35.5 Å². The van der Waals surface area contributed by atoms with Crippen LogP contribution < -0.4 is 26.0 Å². The van der Waals surface area contributed by atoms with Crippen LogP contribution >= 0.6 is 0 Å². The number of ether oxygens (including phenoxy) is 3. The zero-order valence-electron chi connectivity index (χ0n) is 28.2. The van der Waals surface area contributed by atoms with E-state index in [1.54, 1.807) is 80.4 Å². The Hall–Kier alpha value is -6.78. The lowest BCUT2D eigenvalue weighted by Crippen LogP contribution is -2.28. The van der Waals surface area contributed by atoms with Crippen molar-refractivity contribution in [1.29, 1.82) is 0 Å². The van der Waals surface area contributed by atoms with E-state index in [-0.39, 0.29) is 31.1 Å². The summed E-state index contributed by atoms with van der Waals surface area (Å²) in [6, 6.07) is 19.8. The smallest absolute Gasteiger partial charge is 0.338 e. The summed E-state index contributed by atoms with van der Waals surface area (Å²) in [5, 5.41) is 28.7. The number of nitrogens with one attached hydrogen (secondary N) is 5. The summed E-state index contributed by atoms with van der Waals surface area (Å²) in [7, 11) is 1.63. The summed E-state index contributed by atoms with van der Waals surface area (Å²) in [4.78, 5) is 46.9. The largest absolute Gasteiger partial charge is 0.497 e. The van der Waals surface area contributed by atoms with Crippen LogP contribution in [0.2, 0.25) is 0 Å². The average Bonchev–Trinajstić information content (AvgIpc) is 3.84. The van der Waals surface area contributed by atoms with E-state index in [1.165, 1.54) is 6.20 Å². The van der Waals surface area contributed by atoms with Crippen molar-refractivity contribution in [2.24, 2.45) is 0 Å². The first-order valence-corrected chi connectivity index (χ1v) is 15.8. The molecular formula is C34H38N10O7. The molecule has 0 unspecified atom stereocenters. The normalized spacial score (nSPS) is 10.2. The Morgan fingerprint density at radius 3 is 1.73 bits per heavy atom. The molecular weight excluding hydrogens is 660 g/mol. The van der Waals surface area contributed by atoms with Gasteiger partial charge in [-0.05, 0) is 80.1 Å². The van der Waals surface area contributed by atoms with Gasteiger partial charge in [0, 0.05) is 11.4 Å². The molecule has 17 nitrogen and oxygen atoms in total. The summed E-state index contributed by atoms with van der Waals surface area (Å²) in [5.41, 5.74) is 4.31. The fourth-order valence-electron chi connectivity index (χ4n) is 4.23. The Morgan fingerprint density at radius 2 is 1.25 bits per heavy atom. The van der Waals surface area contributed by atoms with Gasteiger partial charge in [-0.3, -0.25) is 0 Å². The van der Waals surface area contributed by atoms with Crippen molar-refractivity contribution in [1.82, 2.24) is 41.0 Å². The predicted octanol–water partition coefficient (Wildman–Crippen LogP) is 4.14. The second-order valence-corrected chi connectivity index (χ2v) is 10.4. The molecule has 2 aromatic heterocycles. The highest BCUT2D eigenvalue weighted by atomic mass is 16.5. The second kappa shape index (κ2) is 19.3. The molecule has 4 amide bonds. The van der Waals surface area contributed by atoms with Crippen LogP contribution in [0.3, 0.4) is 0 Å². The summed E-state index contributed by atoms with van der Waals surface area (Å²) < 4.78 is 16.6. The summed E-state index contributed by atoms with van der Waals surface area (Å²) in [6.45, 7) is 5.19. The molecule has 0 spiro atoms. The number of hydrogen-bond acceptors (Lipinski definition) is 11. The van der Waals surface area contributed by atoms with Crippen LogP contribution in [-0.2, 0) is 29.1 Å². The molecule has 3 aromatic carbocycles. The lowest BCUT2D eigenvalue weighted by atomic mass is 10.2. The Kier molecular flexibility index (Phi) is 14.0. The number of benzene rings is 3. The maximum Gasteiger partial charge on any atom is 0.338 e. The second-order valence-electron chi connectivity index (χ2n) is 10.4. The molecule has 2 heterocycles. The molecule has 0 aliphatic rings. The van der Waals surface area contributed by atoms with Gasteiger partial charge in [-0.25, -0.2) is 23.9 Å². The number of methoxy groups -OCH3 is 1. The van der Waals surface area contributed by atoms with E-state index >= 15 is 0 Å². The maximum atomic E-state index is 12.1. The molecule has 0 fully saturated rings. The molecule has 0 radical (unpaired) electrons. The fraction of sp³-hybridized carbons (Fsp3) is 0.235. The van der Waals surface area contributed by atoms with Gasteiger partial charge in [-0.2, -0.15) is 15.4 Å². The van der Waals surface area contributed by atoms with Gasteiger partial charge >= 0.3 is 24.0 Å². The number of hydrogen-bond donors (Lipinski definition) is 5. The van der Waals surface area contributed by atoms with E-state index < -0.39 is 5.97 Å². The minimum absolute atomic E-state index is 0.232. The molecule has 266 valence electrons. The molecule has 0 saturated heterocycles. The van der Waals surface area contributed by atoms with E-state index in [9.17, 15) is 19.2 Å². The number of carbonyl (C=O) groups is 4. The number of aromatic amines is 1. The molecule has 5 N–H and O–H groups in total. The van der Waals surface area contributed by atoms with Crippen LogP contribution in [0.25, 0.3) is 0 Å². The predicted molar refractivity (Wildman–Crippen MR) is 185 cm³/mol. The molecule has 0 bridgehead atoms. The van der Waals surface area contributed by atoms with Crippen LogP contribution in [0.15, 0.2) is 85.2 Å². The lowest BCUT2D eigenvalue weighted by Gasteiger charge is -2.07. The molecule has 5 rings (SSSR count). The highest BCUT2D eigenvalue weighted by Gasteiger charge is 2.10. The molecule has 0 aliphatic carbocycles. The third-order valence-electron chi connectivity index (χ3n) is 6.72. The zero-order valence-corrected chi connectivity index (χ0v) is 28.2. The zero-order chi connectivity index (χ0) is 36.4. The SMILES string of the molecule is CCOC(=O)c1ccc(NC(=O)NCc2cn(Cc3ccc(OC)cc3)nn2)cc1.CCOC(=O)c1ccc(NC(=O)NCc2cn[nH]n2)cc1. The van der Waals surface area contributed by atoms with Crippen molar-refractivity contribution in [3.63, 3.8) is 0 Å². The summed E-state index contributed by atoms with van der Waals surface area (Å²) in [5.74, 6) is 0.00883. The van der Waals surface area contributed by atoms with Crippen LogP contribution in [0.4, 0.5) is 21.0 Å². The van der Waals surface area contributed by atoms with E-state index in [2.05, 4.69) is 47.0 Å². The minimum Gasteiger partial charge on any atom is -0.497 e. The van der Waals surface area contributed by atoms with E-state index in [0.717, 1.165) is 11.3 Å². The fourth-order valence-corrected chi connectivity index (χ4v) is 4.23. The van der Waals surface area contributed by atoms with Gasteiger partial charge in [0.1, 0.15) is 17.1 Å². The first-order chi connectivity index (χ1) is 24.8. The van der Waals surface area contributed by atoms with E-state index in [1.807, 2.05) is 24.3 Å². The van der Waals surface area contributed by atoms with Crippen molar-refractivity contribution >= 4 is 35.4 Å². The maximum absolute atomic E-state index is 12.1. The van der Waals surface area contributed by atoms with Crippen LogP contribution in [0.1, 0.15) is 51.5 Å². The molecule has 0 aliphatic heterocycles. The van der Waals surface area contributed by atoms with Crippen molar-refractivity contribution in [2.45, 2.75) is 33.5 Å². The highest BCUT2D eigenvalue weighted by Crippen LogP contribution is 2.13. The van der Waals surface area contributed by atoms with Crippen LogP contribution in [-0.4, -0.2) is 74.7 Å². The van der Waals surface area contributed by atoms with Crippen molar-refractivity contribution in [3.05, 3.63) is 113 Å². The van der Waals surface area contributed by atoms with Crippen molar-refractivity contribution in [3.8, 4) is 5.75 Å². The summed E-state index contributed by atoms with van der Waals surface area (Å²) in [6.07, 6.45) is 3.30. The Balaban J connectivity index is 0.000000244. The number of carbonyl (C=O) groups excluding carboxylic acids is 4. The average molecular weight is 699 g/mol. The van der Waals surface area contributed by atoms with Gasteiger partial charge in [0.25, 0.3) is 0 Å².